The van der Waals surface area contributed by atoms with E-state index in [1.807, 2.05) is 26.2 Å². The first kappa shape index (κ1) is 32.8. The van der Waals surface area contributed by atoms with Crippen LogP contribution in [0.4, 0.5) is 0 Å². The van der Waals surface area contributed by atoms with Crippen molar-refractivity contribution in [3.05, 3.63) is 29.8 Å². The molecule has 0 saturated carbocycles. The van der Waals surface area contributed by atoms with Gasteiger partial charge in [-0.3, -0.25) is 4.79 Å². The molecule has 1 rings (SSSR count). The van der Waals surface area contributed by atoms with Gasteiger partial charge in [-0.05, 0) is 30.5 Å². The molecule has 0 aliphatic heterocycles. The van der Waals surface area contributed by atoms with Gasteiger partial charge in [-0.2, -0.15) is 0 Å². The van der Waals surface area contributed by atoms with Gasteiger partial charge in [0.25, 0.3) is 6.47 Å². The lowest BCUT2D eigenvalue weighted by Crippen LogP contribution is -3.06. The zero-order valence-electron chi connectivity index (χ0n) is 22.9. The molecule has 0 radical (unpaired) electrons. The molecule has 8 heteroatoms. The Bertz CT molecular complexity index is 631. The fourth-order valence-corrected chi connectivity index (χ4v) is 4.44. The Kier molecular flexibility index (Phi) is 20.9. The van der Waals surface area contributed by atoms with E-state index in [0.717, 1.165) is 13.0 Å². The summed E-state index contributed by atoms with van der Waals surface area (Å²) in [4.78, 5) is 21.8. The van der Waals surface area contributed by atoms with E-state index >= 15 is 0 Å². The number of hydrogen-bond donors (Lipinski definition) is 2. The maximum absolute atomic E-state index is 10.8. The number of carbonyl (C=O) groups excluding carboxylic acids is 1. The predicted molar refractivity (Wildman–Crippen MR) is 146 cm³/mol. The molecular formula is C28H51NO6P+. The quantitative estimate of drug-likeness (QED) is 0.103. The topological polar surface area (TPSA) is 78.7 Å². The molecule has 1 aromatic carbocycles. The van der Waals surface area contributed by atoms with Gasteiger partial charge in [0.2, 0.25) is 0 Å². The van der Waals surface area contributed by atoms with Gasteiger partial charge < -0.3 is 28.3 Å². The van der Waals surface area contributed by atoms with E-state index in [1.54, 1.807) is 0 Å². The van der Waals surface area contributed by atoms with Crippen molar-refractivity contribution in [3.63, 3.8) is 0 Å². The number of ether oxygens (including phenoxy) is 2. The van der Waals surface area contributed by atoms with Gasteiger partial charge in [-0.15, -0.1) is 0 Å². The second-order valence-electron chi connectivity index (χ2n) is 9.77. The molecule has 0 fully saturated rings. The van der Waals surface area contributed by atoms with E-state index in [-0.39, 0.29) is 13.2 Å². The van der Waals surface area contributed by atoms with Crippen LogP contribution in [-0.4, -0.2) is 57.9 Å². The van der Waals surface area contributed by atoms with Crippen LogP contribution in [0.5, 0.6) is 5.75 Å². The molecule has 0 aromatic heterocycles. The lowest BCUT2D eigenvalue weighted by Gasteiger charge is -2.18. The fourth-order valence-electron chi connectivity index (χ4n) is 3.83. The Balaban J connectivity index is 2.13. The summed E-state index contributed by atoms with van der Waals surface area (Å²) < 4.78 is 21.3. The minimum absolute atomic E-state index is 0.00675. The van der Waals surface area contributed by atoms with Gasteiger partial charge in [-0.25, -0.2) is 0 Å². The van der Waals surface area contributed by atoms with Crippen molar-refractivity contribution in [3.8, 4) is 5.75 Å². The first-order valence-electron chi connectivity index (χ1n) is 13.9. The highest BCUT2D eigenvalue weighted by molar-refractivity contribution is 7.40. The van der Waals surface area contributed by atoms with Gasteiger partial charge in [0.05, 0.1) is 20.7 Å². The van der Waals surface area contributed by atoms with Crippen LogP contribution in [0.3, 0.4) is 0 Å². The summed E-state index contributed by atoms with van der Waals surface area (Å²) in [5.41, 5.74) is 1.31. The second-order valence-corrected chi connectivity index (χ2v) is 10.8. The zero-order valence-corrected chi connectivity index (χ0v) is 23.8. The van der Waals surface area contributed by atoms with E-state index in [2.05, 4.69) is 19.1 Å². The molecule has 0 saturated heterocycles. The molecule has 7 nitrogen and oxygen atoms in total. The van der Waals surface area contributed by atoms with E-state index in [0.29, 0.717) is 18.8 Å². The first-order chi connectivity index (χ1) is 17.5. The summed E-state index contributed by atoms with van der Waals surface area (Å²) in [6, 6.07) is 8.07. The standard InChI is InChI=1S/C28H50NO6P/c1-4-5-6-7-8-9-10-11-12-13-14-15-16-26-17-19-27(20-18-26)32-23-28(33-25-30)24-35-36(31)34-22-21-29(2)3/h17-20,25,28,31H,4-16,21-24H2,1-3H3/p+1. The van der Waals surface area contributed by atoms with Gasteiger partial charge in [0.1, 0.15) is 25.5 Å². The number of nitrogens with one attached hydrogen (secondary N) is 1. The van der Waals surface area contributed by atoms with Crippen LogP contribution in [0.25, 0.3) is 0 Å². The largest absolute Gasteiger partial charge is 0.490 e. The maximum atomic E-state index is 10.8. The zero-order chi connectivity index (χ0) is 26.3. The lowest BCUT2D eigenvalue weighted by molar-refractivity contribution is -0.858. The third kappa shape index (κ3) is 18.9. The SMILES string of the molecule is CCCCCCCCCCCCCCc1ccc(OCC(COP(O)OCC[NH+](C)C)OC=O)cc1. The summed E-state index contributed by atoms with van der Waals surface area (Å²) >= 11 is 0. The van der Waals surface area contributed by atoms with Gasteiger partial charge in [-0.1, -0.05) is 89.7 Å². The number of rotatable bonds is 25. The normalized spacial score (nSPS) is 13.0. The van der Waals surface area contributed by atoms with Crippen LogP contribution in [0.1, 0.15) is 89.5 Å². The summed E-state index contributed by atoms with van der Waals surface area (Å²) in [5.74, 6) is 0.712. The number of likely N-dealkylation sites (N-methyl/N-ethyl adjacent to an activating group) is 1. The Morgan fingerprint density at radius 2 is 1.44 bits per heavy atom. The minimum Gasteiger partial charge on any atom is -0.490 e. The fraction of sp³-hybridized carbons (Fsp3) is 0.750. The minimum atomic E-state index is -2.00. The molecule has 0 spiro atoms. The van der Waals surface area contributed by atoms with Crippen LogP contribution in [-0.2, 0) is 25.0 Å². The van der Waals surface area contributed by atoms with E-state index in [1.165, 1.54) is 87.5 Å². The van der Waals surface area contributed by atoms with Gasteiger partial charge in [0, 0.05) is 0 Å². The maximum Gasteiger partial charge on any atom is 0.330 e. The van der Waals surface area contributed by atoms with Crippen LogP contribution in [0.2, 0.25) is 0 Å². The van der Waals surface area contributed by atoms with Crippen LogP contribution in [0.15, 0.2) is 24.3 Å². The third-order valence-corrected chi connectivity index (χ3v) is 6.87. The van der Waals surface area contributed by atoms with Gasteiger partial charge >= 0.3 is 8.60 Å². The summed E-state index contributed by atoms with van der Waals surface area (Å²) in [6.45, 7) is 3.94. The summed E-state index contributed by atoms with van der Waals surface area (Å²) in [6.07, 6.45) is 16.8. The number of carbonyl (C=O) groups is 1. The second kappa shape index (κ2) is 22.9. The highest BCUT2D eigenvalue weighted by Crippen LogP contribution is 2.32. The number of benzene rings is 1. The molecule has 0 amide bonds. The molecule has 36 heavy (non-hydrogen) atoms. The molecular weight excluding hydrogens is 477 g/mol. The van der Waals surface area contributed by atoms with Crippen LogP contribution < -0.4 is 9.64 Å². The number of aryl methyl sites for hydroxylation is 1. The number of quaternary nitrogens is 1. The molecule has 2 atom stereocenters. The molecule has 0 aliphatic carbocycles. The average molecular weight is 529 g/mol. The van der Waals surface area contributed by atoms with Crippen molar-refractivity contribution in [1.29, 1.82) is 0 Å². The van der Waals surface area contributed by atoms with Crippen molar-refractivity contribution < 1.29 is 33.1 Å². The Hall–Kier alpha value is -1.24. The Labute approximate surface area is 220 Å². The number of unbranched alkanes of at least 4 members (excludes halogenated alkanes) is 11. The van der Waals surface area contributed by atoms with E-state index in [4.69, 9.17) is 18.5 Å². The monoisotopic (exact) mass is 528 g/mol. The molecule has 0 bridgehead atoms. The van der Waals surface area contributed by atoms with Gasteiger partial charge in [0.15, 0.2) is 6.10 Å². The van der Waals surface area contributed by atoms with Crippen molar-refractivity contribution in [2.75, 3.05) is 40.5 Å². The number of hydrogen-bond acceptors (Lipinski definition) is 6. The predicted octanol–water partition coefficient (Wildman–Crippen LogP) is 5.25. The van der Waals surface area contributed by atoms with Crippen LogP contribution in [0, 0.1) is 0 Å². The smallest absolute Gasteiger partial charge is 0.330 e. The Morgan fingerprint density at radius 3 is 2.00 bits per heavy atom. The molecule has 0 aliphatic rings. The lowest BCUT2D eigenvalue weighted by atomic mass is 10.0. The summed E-state index contributed by atoms with van der Waals surface area (Å²) in [7, 11) is 2.00. The molecule has 2 N–H and O–H groups in total. The first-order valence-corrected chi connectivity index (χ1v) is 15.0. The highest BCUT2D eigenvalue weighted by Gasteiger charge is 2.16. The van der Waals surface area contributed by atoms with Crippen molar-refractivity contribution >= 4 is 15.1 Å². The molecule has 1 aromatic rings. The van der Waals surface area contributed by atoms with Crippen LogP contribution >= 0.6 is 8.60 Å². The van der Waals surface area contributed by atoms with E-state index in [9.17, 15) is 9.69 Å². The van der Waals surface area contributed by atoms with Crippen molar-refractivity contribution in [1.82, 2.24) is 0 Å². The average Bonchev–Trinajstić information content (AvgIpc) is 2.87. The Morgan fingerprint density at radius 1 is 0.861 bits per heavy atom. The third-order valence-electron chi connectivity index (χ3n) is 6.10. The summed E-state index contributed by atoms with van der Waals surface area (Å²) in [5, 5.41) is 0. The van der Waals surface area contributed by atoms with Crippen molar-refractivity contribution in [2.45, 2.75) is 96.5 Å². The van der Waals surface area contributed by atoms with Crippen molar-refractivity contribution in [2.24, 2.45) is 0 Å². The molecule has 2 unspecified atom stereocenters. The molecule has 208 valence electrons. The van der Waals surface area contributed by atoms with E-state index < -0.39 is 14.7 Å². The molecule has 0 heterocycles. The highest BCUT2D eigenvalue weighted by atomic mass is 31.2.